The zero-order valence-electron chi connectivity index (χ0n) is 23.6. The Hall–Kier alpha value is -5.17. The van der Waals surface area contributed by atoms with Crippen molar-refractivity contribution in [3.8, 4) is 34.1 Å². The highest BCUT2D eigenvalue weighted by atomic mass is 16.5. The number of allylic oxidation sites excluding steroid dienone is 1. The van der Waals surface area contributed by atoms with Gasteiger partial charge in [-0.3, -0.25) is 0 Å². The second-order valence-corrected chi connectivity index (χ2v) is 9.17. The Morgan fingerprint density at radius 2 is 1.24 bits per heavy atom. The van der Waals surface area contributed by atoms with Crippen molar-refractivity contribution < 1.29 is 33.3 Å². The first-order valence-electron chi connectivity index (χ1n) is 12.8. The first-order valence-corrected chi connectivity index (χ1v) is 12.8. The van der Waals surface area contributed by atoms with Gasteiger partial charge in [-0.05, 0) is 81.3 Å². The van der Waals surface area contributed by atoms with E-state index in [4.69, 9.17) is 18.9 Å². The summed E-state index contributed by atoms with van der Waals surface area (Å²) in [7, 11) is 0. The SMILES string of the molecule is C=C(C)C(=O)Oc1ccc(/C=C/COc2ccc(-c3ccc(OC(=O)C(=C)C)cc3)c(OC(=O)/C(C)=C\C)c2)cc1. The van der Waals surface area contributed by atoms with Crippen molar-refractivity contribution in [3.05, 3.63) is 114 Å². The highest BCUT2D eigenvalue weighted by Gasteiger charge is 2.15. The number of carbonyl (C=O) groups excluding carboxylic acids is 3. The number of benzene rings is 3. The molecule has 0 aliphatic heterocycles. The standard InChI is InChI=1S/C34H32O7/c1-7-24(6)34(37)41-31-21-29(18-19-30(31)26-12-16-28(17-13-26)40-33(36)23(4)5)38-20-8-9-25-10-14-27(15-11-25)39-32(35)22(2)3/h7-19,21H,2,4,20H2,1,3,5-6H3/b9-8+,24-7-. The number of hydrogen-bond acceptors (Lipinski definition) is 7. The third-order valence-corrected chi connectivity index (χ3v) is 5.73. The molecule has 0 aliphatic carbocycles. The summed E-state index contributed by atoms with van der Waals surface area (Å²) in [4.78, 5) is 36.0. The Kier molecular flexibility index (Phi) is 10.6. The summed E-state index contributed by atoms with van der Waals surface area (Å²) in [6, 6.07) is 19.1. The van der Waals surface area contributed by atoms with Crippen molar-refractivity contribution in [3.63, 3.8) is 0 Å². The predicted molar refractivity (Wildman–Crippen MR) is 159 cm³/mol. The molecule has 0 atom stereocenters. The van der Waals surface area contributed by atoms with Crippen molar-refractivity contribution in [1.29, 1.82) is 0 Å². The molecule has 0 saturated carbocycles. The van der Waals surface area contributed by atoms with Crippen LogP contribution in [-0.2, 0) is 14.4 Å². The third kappa shape index (κ3) is 8.93. The van der Waals surface area contributed by atoms with Gasteiger partial charge in [0, 0.05) is 28.3 Å². The van der Waals surface area contributed by atoms with Gasteiger partial charge in [0.05, 0.1) is 0 Å². The topological polar surface area (TPSA) is 88.1 Å². The fraction of sp³-hybridized carbons (Fsp3) is 0.147. The van der Waals surface area contributed by atoms with Crippen LogP contribution in [0.4, 0.5) is 0 Å². The molecule has 0 heterocycles. The largest absolute Gasteiger partial charge is 0.489 e. The molecule has 7 heteroatoms. The fourth-order valence-corrected chi connectivity index (χ4v) is 3.28. The van der Waals surface area contributed by atoms with E-state index in [0.717, 1.165) is 11.1 Å². The molecule has 0 saturated heterocycles. The summed E-state index contributed by atoms with van der Waals surface area (Å²) >= 11 is 0. The van der Waals surface area contributed by atoms with Crippen molar-refractivity contribution in [1.82, 2.24) is 0 Å². The smallest absolute Gasteiger partial charge is 0.338 e. The normalized spacial score (nSPS) is 11.1. The quantitative estimate of drug-likeness (QED) is 0.140. The van der Waals surface area contributed by atoms with E-state index in [1.54, 1.807) is 88.4 Å². The fourth-order valence-electron chi connectivity index (χ4n) is 3.28. The molecule has 0 aliphatic rings. The van der Waals surface area contributed by atoms with Crippen LogP contribution in [0.5, 0.6) is 23.0 Å². The number of ether oxygens (including phenoxy) is 4. The Morgan fingerprint density at radius 1 is 0.707 bits per heavy atom. The zero-order valence-corrected chi connectivity index (χ0v) is 23.6. The lowest BCUT2D eigenvalue weighted by molar-refractivity contribution is -0.131. The average Bonchev–Trinajstić information content (AvgIpc) is 2.96. The average molecular weight is 553 g/mol. The van der Waals surface area contributed by atoms with Gasteiger partial charge in [-0.15, -0.1) is 0 Å². The molecule has 0 aromatic heterocycles. The summed E-state index contributed by atoms with van der Waals surface area (Å²) in [6.07, 6.45) is 5.38. The van der Waals surface area contributed by atoms with Gasteiger partial charge in [-0.1, -0.05) is 49.6 Å². The van der Waals surface area contributed by atoms with Crippen molar-refractivity contribution in [2.24, 2.45) is 0 Å². The van der Waals surface area contributed by atoms with E-state index in [2.05, 4.69) is 13.2 Å². The molecule has 0 spiro atoms. The van der Waals surface area contributed by atoms with Crippen LogP contribution >= 0.6 is 0 Å². The predicted octanol–water partition coefficient (Wildman–Crippen LogP) is 7.28. The van der Waals surface area contributed by atoms with E-state index >= 15 is 0 Å². The molecule has 3 aromatic carbocycles. The Balaban J connectivity index is 1.73. The molecule has 0 bridgehead atoms. The first-order chi connectivity index (χ1) is 19.6. The van der Waals surface area contributed by atoms with Crippen LogP contribution in [0.3, 0.4) is 0 Å². The van der Waals surface area contributed by atoms with Gasteiger partial charge < -0.3 is 18.9 Å². The number of esters is 3. The van der Waals surface area contributed by atoms with Crippen molar-refractivity contribution in [2.45, 2.75) is 27.7 Å². The van der Waals surface area contributed by atoms with Gasteiger partial charge in [0.25, 0.3) is 0 Å². The highest BCUT2D eigenvalue weighted by Crippen LogP contribution is 2.35. The van der Waals surface area contributed by atoms with E-state index in [0.29, 0.717) is 45.3 Å². The molecular formula is C34H32O7. The summed E-state index contributed by atoms with van der Waals surface area (Å²) in [5, 5.41) is 0. The van der Waals surface area contributed by atoms with Gasteiger partial charge in [0.2, 0.25) is 0 Å². The van der Waals surface area contributed by atoms with E-state index in [1.807, 2.05) is 24.3 Å². The maximum absolute atomic E-state index is 12.6. The van der Waals surface area contributed by atoms with Crippen LogP contribution in [0.2, 0.25) is 0 Å². The molecule has 3 aromatic rings. The van der Waals surface area contributed by atoms with Crippen LogP contribution in [0.25, 0.3) is 17.2 Å². The lowest BCUT2D eigenvalue weighted by atomic mass is 10.0. The van der Waals surface area contributed by atoms with Crippen LogP contribution in [0.1, 0.15) is 33.3 Å². The molecule has 0 amide bonds. The second-order valence-electron chi connectivity index (χ2n) is 9.17. The summed E-state index contributed by atoms with van der Waals surface area (Å²) in [5.74, 6) is 0.182. The van der Waals surface area contributed by atoms with Gasteiger partial charge in [-0.2, -0.15) is 0 Å². The molecule has 0 unspecified atom stereocenters. The minimum Gasteiger partial charge on any atom is -0.489 e. The second kappa shape index (κ2) is 14.3. The zero-order chi connectivity index (χ0) is 29.9. The Morgan fingerprint density at radius 3 is 1.78 bits per heavy atom. The lowest BCUT2D eigenvalue weighted by Gasteiger charge is -2.13. The van der Waals surface area contributed by atoms with Crippen LogP contribution in [-0.4, -0.2) is 24.5 Å². The number of carbonyl (C=O) groups is 3. The van der Waals surface area contributed by atoms with Crippen molar-refractivity contribution >= 4 is 24.0 Å². The summed E-state index contributed by atoms with van der Waals surface area (Å²) in [5.41, 5.74) is 3.40. The number of hydrogen-bond donors (Lipinski definition) is 0. The summed E-state index contributed by atoms with van der Waals surface area (Å²) in [6.45, 7) is 14.0. The Bertz CT molecular complexity index is 1510. The van der Waals surface area contributed by atoms with Crippen molar-refractivity contribution in [2.75, 3.05) is 6.61 Å². The maximum Gasteiger partial charge on any atom is 0.338 e. The van der Waals surface area contributed by atoms with Gasteiger partial charge in [0.1, 0.15) is 29.6 Å². The van der Waals surface area contributed by atoms with Crippen LogP contribution in [0.15, 0.2) is 109 Å². The minimum absolute atomic E-state index is 0.260. The molecule has 0 N–H and O–H groups in total. The van der Waals surface area contributed by atoms with Gasteiger partial charge in [0.15, 0.2) is 0 Å². The molecule has 0 radical (unpaired) electrons. The van der Waals surface area contributed by atoms with Gasteiger partial charge in [-0.25, -0.2) is 14.4 Å². The molecule has 3 rings (SSSR count). The third-order valence-electron chi connectivity index (χ3n) is 5.73. The van der Waals surface area contributed by atoms with E-state index in [1.165, 1.54) is 0 Å². The van der Waals surface area contributed by atoms with Crippen LogP contribution in [0, 0.1) is 0 Å². The molecule has 210 valence electrons. The minimum atomic E-state index is -0.508. The Labute approximate surface area is 240 Å². The van der Waals surface area contributed by atoms with E-state index in [-0.39, 0.29) is 6.61 Å². The molecule has 0 fully saturated rings. The molecule has 7 nitrogen and oxygen atoms in total. The summed E-state index contributed by atoms with van der Waals surface area (Å²) < 4.78 is 22.0. The highest BCUT2D eigenvalue weighted by molar-refractivity contribution is 5.91. The molecular weight excluding hydrogens is 520 g/mol. The number of rotatable bonds is 11. The molecule has 41 heavy (non-hydrogen) atoms. The van der Waals surface area contributed by atoms with E-state index in [9.17, 15) is 14.4 Å². The first kappa shape index (κ1) is 30.4. The van der Waals surface area contributed by atoms with E-state index < -0.39 is 17.9 Å². The monoisotopic (exact) mass is 552 g/mol. The van der Waals surface area contributed by atoms with Crippen LogP contribution < -0.4 is 18.9 Å². The van der Waals surface area contributed by atoms with Gasteiger partial charge >= 0.3 is 17.9 Å². The lowest BCUT2D eigenvalue weighted by Crippen LogP contribution is -2.10. The maximum atomic E-state index is 12.6.